The molecule has 2 aromatic heterocycles. The van der Waals surface area contributed by atoms with Crippen LogP contribution in [0.5, 0.6) is 0 Å². The summed E-state index contributed by atoms with van der Waals surface area (Å²) in [5.41, 5.74) is -0.0456. The van der Waals surface area contributed by atoms with Crippen LogP contribution in [-0.2, 0) is 18.4 Å². The van der Waals surface area contributed by atoms with Gasteiger partial charge in [0.1, 0.15) is 0 Å². The zero-order chi connectivity index (χ0) is 19.7. The molecule has 0 spiro atoms. The highest BCUT2D eigenvalue weighted by Gasteiger charge is 2.26. The Labute approximate surface area is 157 Å². The number of fused-ring (bicyclic) bond motifs is 1. The van der Waals surface area contributed by atoms with Crippen LogP contribution >= 0.6 is 0 Å². The monoisotopic (exact) mass is 376 g/mol. The van der Waals surface area contributed by atoms with Gasteiger partial charge >= 0.3 is 5.69 Å². The predicted molar refractivity (Wildman–Crippen MR) is 104 cm³/mol. The first-order valence-corrected chi connectivity index (χ1v) is 9.55. The van der Waals surface area contributed by atoms with E-state index in [0.717, 1.165) is 6.42 Å². The molecule has 0 atom stereocenters. The number of amides is 1. The fraction of sp³-hybridized carbons (Fsp3) is 0.667. The van der Waals surface area contributed by atoms with E-state index in [1.807, 2.05) is 16.4 Å². The number of aromatic nitrogens is 4. The third kappa shape index (κ3) is 3.63. The number of nitrogens with one attached hydrogen (secondary N) is 1. The van der Waals surface area contributed by atoms with Gasteiger partial charge in [0, 0.05) is 46.2 Å². The molecule has 0 aliphatic carbocycles. The molecule has 9 nitrogen and oxygen atoms in total. The van der Waals surface area contributed by atoms with Crippen LogP contribution in [0.3, 0.4) is 0 Å². The molecule has 3 heterocycles. The van der Waals surface area contributed by atoms with Crippen LogP contribution in [0.25, 0.3) is 11.2 Å². The number of piperazine rings is 1. The molecule has 1 amide bonds. The van der Waals surface area contributed by atoms with Crippen molar-refractivity contribution in [3.63, 3.8) is 0 Å². The van der Waals surface area contributed by atoms with Gasteiger partial charge in [0.05, 0.1) is 0 Å². The van der Waals surface area contributed by atoms with Crippen molar-refractivity contribution in [2.75, 3.05) is 31.1 Å². The first kappa shape index (κ1) is 19.2. The maximum atomic E-state index is 12.5. The predicted octanol–water partition coefficient (Wildman–Crippen LogP) is 0.528. The third-order valence-electron chi connectivity index (χ3n) is 5.13. The summed E-state index contributed by atoms with van der Waals surface area (Å²) in [5, 5.41) is 0. The lowest BCUT2D eigenvalue weighted by molar-refractivity contribution is -0.131. The van der Waals surface area contributed by atoms with Crippen LogP contribution in [-0.4, -0.2) is 56.1 Å². The minimum atomic E-state index is -0.467. The topological polar surface area (TPSA) is 96.2 Å². The highest BCUT2D eigenvalue weighted by molar-refractivity contribution is 5.76. The Kier molecular flexibility index (Phi) is 5.38. The Bertz CT molecular complexity index is 946. The molecule has 3 rings (SSSR count). The fourth-order valence-electron chi connectivity index (χ4n) is 3.44. The molecule has 148 valence electrons. The van der Waals surface area contributed by atoms with Gasteiger partial charge in [-0.25, -0.2) is 4.79 Å². The van der Waals surface area contributed by atoms with E-state index in [2.05, 4.69) is 28.7 Å². The van der Waals surface area contributed by atoms with Gasteiger partial charge in [-0.3, -0.25) is 19.1 Å². The molecule has 0 radical (unpaired) electrons. The molecule has 1 fully saturated rings. The molecule has 0 saturated carbocycles. The van der Waals surface area contributed by atoms with Crippen molar-refractivity contribution in [1.29, 1.82) is 0 Å². The number of imidazole rings is 1. The van der Waals surface area contributed by atoms with E-state index >= 15 is 0 Å². The number of carbonyl (C=O) groups excluding carboxylic acids is 1. The largest absolute Gasteiger partial charge is 0.339 e. The average Bonchev–Trinajstić information content (AvgIpc) is 3.04. The lowest BCUT2D eigenvalue weighted by atomic mass is 10.1. The standard InChI is InChI=1S/C18H28N6O3/c1-5-13(25)22-8-10-23(11-9-22)17-19-15-14(24(17)7-6-12(2)3)16(26)20-18(27)21(15)4/h12H,5-11H2,1-4H3,(H,20,26,27). The van der Waals surface area contributed by atoms with Gasteiger partial charge < -0.3 is 14.4 Å². The number of hydrogen-bond donors (Lipinski definition) is 1. The molecular weight excluding hydrogens is 348 g/mol. The minimum Gasteiger partial charge on any atom is -0.339 e. The van der Waals surface area contributed by atoms with Crippen molar-refractivity contribution in [3.05, 3.63) is 20.8 Å². The van der Waals surface area contributed by atoms with E-state index < -0.39 is 11.2 Å². The number of rotatable bonds is 5. The quantitative estimate of drug-likeness (QED) is 0.821. The molecule has 9 heteroatoms. The first-order chi connectivity index (χ1) is 12.8. The number of aromatic amines is 1. The normalized spacial score (nSPS) is 15.1. The Balaban J connectivity index is 2.02. The van der Waals surface area contributed by atoms with Crippen LogP contribution in [0.15, 0.2) is 9.59 Å². The molecule has 0 unspecified atom stereocenters. The zero-order valence-electron chi connectivity index (χ0n) is 16.5. The maximum Gasteiger partial charge on any atom is 0.329 e. The number of anilines is 1. The zero-order valence-corrected chi connectivity index (χ0v) is 16.5. The molecule has 1 aliphatic rings. The van der Waals surface area contributed by atoms with E-state index in [0.29, 0.717) is 62.2 Å². The molecule has 0 aromatic carbocycles. The summed E-state index contributed by atoms with van der Waals surface area (Å²) in [6, 6.07) is 0. The highest BCUT2D eigenvalue weighted by Crippen LogP contribution is 2.22. The number of carbonyl (C=O) groups is 1. The second-order valence-corrected chi connectivity index (χ2v) is 7.46. The second kappa shape index (κ2) is 7.58. The smallest absolute Gasteiger partial charge is 0.329 e. The van der Waals surface area contributed by atoms with Gasteiger partial charge in [-0.1, -0.05) is 20.8 Å². The van der Waals surface area contributed by atoms with E-state index in [1.54, 1.807) is 7.05 Å². The summed E-state index contributed by atoms with van der Waals surface area (Å²) in [6.45, 7) is 9.36. The van der Waals surface area contributed by atoms with Gasteiger partial charge in [0.2, 0.25) is 11.9 Å². The molecule has 27 heavy (non-hydrogen) atoms. The summed E-state index contributed by atoms with van der Waals surface area (Å²) in [4.78, 5) is 47.4. The van der Waals surface area contributed by atoms with Crippen molar-refractivity contribution < 1.29 is 4.79 Å². The molecular formula is C18H28N6O3. The van der Waals surface area contributed by atoms with Crippen LogP contribution in [0, 0.1) is 5.92 Å². The van der Waals surface area contributed by atoms with E-state index in [-0.39, 0.29) is 5.91 Å². The van der Waals surface area contributed by atoms with Gasteiger partial charge in [-0.15, -0.1) is 0 Å². The second-order valence-electron chi connectivity index (χ2n) is 7.46. The Morgan fingerprint density at radius 3 is 2.44 bits per heavy atom. The van der Waals surface area contributed by atoms with E-state index in [1.165, 1.54) is 4.57 Å². The first-order valence-electron chi connectivity index (χ1n) is 9.55. The van der Waals surface area contributed by atoms with Gasteiger partial charge in [0.25, 0.3) is 5.56 Å². The lowest BCUT2D eigenvalue weighted by Gasteiger charge is -2.35. The minimum absolute atomic E-state index is 0.154. The van der Waals surface area contributed by atoms with Gasteiger partial charge in [-0.05, 0) is 12.3 Å². The summed E-state index contributed by atoms with van der Waals surface area (Å²) in [5.74, 6) is 1.32. The van der Waals surface area contributed by atoms with Crippen LogP contribution in [0.1, 0.15) is 33.6 Å². The Morgan fingerprint density at radius 1 is 1.19 bits per heavy atom. The summed E-state index contributed by atoms with van der Waals surface area (Å²) >= 11 is 0. The number of H-pyrrole nitrogens is 1. The maximum absolute atomic E-state index is 12.5. The summed E-state index contributed by atoms with van der Waals surface area (Å²) in [6.07, 6.45) is 1.40. The Hall–Kier alpha value is -2.58. The number of hydrogen-bond acceptors (Lipinski definition) is 5. The van der Waals surface area contributed by atoms with E-state index in [9.17, 15) is 14.4 Å². The van der Waals surface area contributed by atoms with Crippen LogP contribution < -0.4 is 16.1 Å². The number of aryl methyl sites for hydroxylation is 2. The van der Waals surface area contributed by atoms with Crippen molar-refractivity contribution in [3.8, 4) is 0 Å². The SMILES string of the molecule is CCC(=O)N1CCN(c2nc3c(c(=O)[nH]c(=O)n3C)n2CCC(C)C)CC1. The summed E-state index contributed by atoms with van der Waals surface area (Å²) in [7, 11) is 1.61. The molecule has 0 bridgehead atoms. The molecule has 1 N–H and O–H groups in total. The van der Waals surface area contributed by atoms with Gasteiger partial charge in [-0.2, -0.15) is 4.98 Å². The Morgan fingerprint density at radius 2 is 1.85 bits per heavy atom. The summed E-state index contributed by atoms with van der Waals surface area (Å²) < 4.78 is 3.30. The van der Waals surface area contributed by atoms with E-state index in [4.69, 9.17) is 0 Å². The molecule has 2 aromatic rings. The average molecular weight is 376 g/mol. The number of nitrogens with zero attached hydrogens (tertiary/aromatic N) is 5. The van der Waals surface area contributed by atoms with Gasteiger partial charge in [0.15, 0.2) is 11.2 Å². The van der Waals surface area contributed by atoms with Crippen molar-refractivity contribution in [1.82, 2.24) is 24.0 Å². The van der Waals surface area contributed by atoms with Crippen molar-refractivity contribution >= 4 is 23.0 Å². The fourth-order valence-corrected chi connectivity index (χ4v) is 3.44. The van der Waals surface area contributed by atoms with Crippen LogP contribution in [0.2, 0.25) is 0 Å². The third-order valence-corrected chi connectivity index (χ3v) is 5.13. The highest BCUT2D eigenvalue weighted by atomic mass is 16.2. The van der Waals surface area contributed by atoms with Crippen LogP contribution in [0.4, 0.5) is 5.95 Å². The van der Waals surface area contributed by atoms with Crippen molar-refractivity contribution in [2.24, 2.45) is 13.0 Å². The molecule has 1 aliphatic heterocycles. The lowest BCUT2D eigenvalue weighted by Crippen LogP contribution is -2.49. The van der Waals surface area contributed by atoms with Crippen molar-refractivity contribution in [2.45, 2.75) is 40.2 Å². The molecule has 1 saturated heterocycles.